The van der Waals surface area contributed by atoms with Gasteiger partial charge >= 0.3 is 6.09 Å². The number of carbonyl (C=O) groups excluding carboxylic acids is 2. The number of anilines is 2. The van der Waals surface area contributed by atoms with Crippen LogP contribution in [-0.2, 0) is 11.3 Å². The molecule has 1 amide bonds. The summed E-state index contributed by atoms with van der Waals surface area (Å²) in [7, 11) is 0. The first-order valence-electron chi connectivity index (χ1n) is 10.1. The number of aldehydes is 1. The zero-order valence-corrected chi connectivity index (χ0v) is 17.0. The van der Waals surface area contributed by atoms with E-state index in [1.54, 1.807) is 4.90 Å². The Labute approximate surface area is 171 Å². The third kappa shape index (κ3) is 4.27. The Kier molecular flexibility index (Phi) is 5.28. The van der Waals surface area contributed by atoms with Gasteiger partial charge in [0.2, 0.25) is 0 Å². The van der Waals surface area contributed by atoms with E-state index in [4.69, 9.17) is 4.74 Å². The van der Waals surface area contributed by atoms with E-state index < -0.39 is 5.60 Å². The van der Waals surface area contributed by atoms with Crippen LogP contribution in [0, 0.1) is 0 Å². The van der Waals surface area contributed by atoms with E-state index in [-0.39, 0.29) is 6.09 Å². The fourth-order valence-electron chi connectivity index (χ4n) is 4.03. The predicted octanol–water partition coefficient (Wildman–Crippen LogP) is 3.56. The highest BCUT2D eigenvalue weighted by Crippen LogP contribution is 2.31. The number of cyclic esters (lactones) is 1. The van der Waals surface area contributed by atoms with Crippen molar-refractivity contribution in [3.05, 3.63) is 59.7 Å². The molecule has 0 aliphatic carbocycles. The Morgan fingerprint density at radius 1 is 1.00 bits per heavy atom. The summed E-state index contributed by atoms with van der Waals surface area (Å²) < 4.78 is 5.49. The number of nitrogens with zero attached hydrogens (tertiary/aromatic N) is 3. The first kappa shape index (κ1) is 19.5. The molecule has 2 aliphatic rings. The average Bonchev–Trinajstić information content (AvgIpc) is 3.01. The van der Waals surface area contributed by atoms with Gasteiger partial charge in [0, 0.05) is 44.0 Å². The van der Waals surface area contributed by atoms with Crippen LogP contribution in [0.1, 0.15) is 29.8 Å². The lowest BCUT2D eigenvalue weighted by atomic mass is 10.1. The minimum atomic E-state index is -0.463. The summed E-state index contributed by atoms with van der Waals surface area (Å²) in [5.41, 5.74) is 3.47. The Balaban J connectivity index is 1.41. The molecule has 2 saturated heterocycles. The molecule has 29 heavy (non-hydrogen) atoms. The fourth-order valence-corrected chi connectivity index (χ4v) is 4.03. The van der Waals surface area contributed by atoms with Crippen molar-refractivity contribution >= 4 is 23.8 Å². The van der Waals surface area contributed by atoms with E-state index in [2.05, 4.69) is 15.9 Å². The van der Waals surface area contributed by atoms with Crippen molar-refractivity contribution in [3.63, 3.8) is 0 Å². The lowest BCUT2D eigenvalue weighted by Crippen LogP contribution is -2.46. The normalized spacial score (nSPS) is 19.3. The van der Waals surface area contributed by atoms with Gasteiger partial charge in [-0.25, -0.2) is 4.79 Å². The smallest absolute Gasteiger partial charge is 0.415 e. The van der Waals surface area contributed by atoms with Crippen LogP contribution in [-0.4, -0.2) is 55.6 Å². The van der Waals surface area contributed by atoms with Gasteiger partial charge < -0.3 is 9.64 Å². The molecule has 6 nitrogen and oxygen atoms in total. The summed E-state index contributed by atoms with van der Waals surface area (Å²) in [6, 6.07) is 15.8. The predicted molar refractivity (Wildman–Crippen MR) is 114 cm³/mol. The summed E-state index contributed by atoms with van der Waals surface area (Å²) in [6.45, 7) is 9.00. The van der Waals surface area contributed by atoms with Crippen molar-refractivity contribution in [1.82, 2.24) is 4.90 Å². The van der Waals surface area contributed by atoms with Gasteiger partial charge in [0.05, 0.1) is 12.2 Å². The minimum Gasteiger partial charge on any atom is -0.441 e. The van der Waals surface area contributed by atoms with Crippen LogP contribution in [0.2, 0.25) is 0 Å². The van der Waals surface area contributed by atoms with Crippen LogP contribution in [0.25, 0.3) is 0 Å². The number of hydrogen-bond acceptors (Lipinski definition) is 5. The topological polar surface area (TPSA) is 53.1 Å². The molecule has 0 spiro atoms. The molecular weight excluding hydrogens is 366 g/mol. The summed E-state index contributed by atoms with van der Waals surface area (Å²) in [4.78, 5) is 29.7. The third-order valence-corrected chi connectivity index (χ3v) is 5.57. The van der Waals surface area contributed by atoms with Crippen LogP contribution in [0.15, 0.2) is 48.5 Å². The molecule has 6 heteroatoms. The van der Waals surface area contributed by atoms with E-state index in [9.17, 15) is 9.59 Å². The van der Waals surface area contributed by atoms with E-state index in [0.29, 0.717) is 12.1 Å². The summed E-state index contributed by atoms with van der Waals surface area (Å²) in [5.74, 6) is 0. The van der Waals surface area contributed by atoms with Crippen LogP contribution in [0.3, 0.4) is 0 Å². The zero-order valence-electron chi connectivity index (χ0n) is 17.0. The second kappa shape index (κ2) is 7.87. The SMILES string of the molecule is CC1(C)CN(c2ccccc2CN2CCN(c3ccc(C=O)cc3)CC2)C(=O)O1. The first-order chi connectivity index (χ1) is 13.9. The minimum absolute atomic E-state index is 0.272. The van der Waals surface area contributed by atoms with Crippen molar-refractivity contribution in [3.8, 4) is 0 Å². The van der Waals surface area contributed by atoms with Crippen molar-refractivity contribution in [2.75, 3.05) is 42.5 Å². The number of ether oxygens (including phenoxy) is 1. The third-order valence-electron chi connectivity index (χ3n) is 5.57. The monoisotopic (exact) mass is 393 g/mol. The lowest BCUT2D eigenvalue weighted by Gasteiger charge is -2.36. The second-order valence-corrected chi connectivity index (χ2v) is 8.32. The molecule has 0 saturated carbocycles. The fraction of sp³-hybridized carbons (Fsp3) is 0.391. The van der Waals surface area contributed by atoms with E-state index in [1.165, 1.54) is 0 Å². The molecule has 2 aliphatic heterocycles. The van der Waals surface area contributed by atoms with Crippen molar-refractivity contribution < 1.29 is 14.3 Å². The Morgan fingerprint density at radius 2 is 1.69 bits per heavy atom. The number of hydrogen-bond donors (Lipinski definition) is 0. The van der Waals surface area contributed by atoms with Crippen LogP contribution in [0.4, 0.5) is 16.2 Å². The Hall–Kier alpha value is -2.86. The maximum Gasteiger partial charge on any atom is 0.415 e. The van der Waals surface area contributed by atoms with Gasteiger partial charge in [-0.15, -0.1) is 0 Å². The van der Waals surface area contributed by atoms with E-state index in [1.807, 2.05) is 56.3 Å². The maximum atomic E-state index is 12.3. The number of rotatable bonds is 5. The van der Waals surface area contributed by atoms with Gasteiger partial charge in [-0.1, -0.05) is 18.2 Å². The highest BCUT2D eigenvalue weighted by Gasteiger charge is 2.39. The lowest BCUT2D eigenvalue weighted by molar-refractivity contribution is 0.0870. The molecule has 2 fully saturated rings. The zero-order chi connectivity index (χ0) is 20.4. The molecule has 0 unspecified atom stereocenters. The highest BCUT2D eigenvalue weighted by atomic mass is 16.6. The summed E-state index contributed by atoms with van der Waals surface area (Å²) >= 11 is 0. The molecule has 152 valence electrons. The van der Waals surface area contributed by atoms with Crippen molar-refractivity contribution in [1.29, 1.82) is 0 Å². The second-order valence-electron chi connectivity index (χ2n) is 8.32. The van der Waals surface area contributed by atoms with Crippen LogP contribution < -0.4 is 9.80 Å². The molecule has 4 rings (SSSR count). The maximum absolute atomic E-state index is 12.3. The van der Waals surface area contributed by atoms with Crippen molar-refractivity contribution in [2.45, 2.75) is 26.0 Å². The molecule has 0 radical (unpaired) electrons. The average molecular weight is 393 g/mol. The first-order valence-corrected chi connectivity index (χ1v) is 10.1. The molecule has 0 atom stereocenters. The number of piperazine rings is 1. The Morgan fingerprint density at radius 3 is 2.31 bits per heavy atom. The standard InChI is InChI=1S/C23H27N3O3/c1-23(2)17-26(22(28)29-23)21-6-4-3-5-19(21)15-24-11-13-25(14-12-24)20-9-7-18(16-27)8-10-20/h3-10,16H,11-15,17H2,1-2H3. The van der Waals surface area contributed by atoms with Gasteiger partial charge in [-0.2, -0.15) is 0 Å². The van der Waals surface area contributed by atoms with Crippen molar-refractivity contribution in [2.24, 2.45) is 0 Å². The summed E-state index contributed by atoms with van der Waals surface area (Å²) in [6.07, 6.45) is 0.599. The summed E-state index contributed by atoms with van der Waals surface area (Å²) in [5, 5.41) is 0. The number of carbonyl (C=O) groups is 2. The van der Waals surface area contributed by atoms with E-state index >= 15 is 0 Å². The molecule has 2 aromatic rings. The molecule has 0 aromatic heterocycles. The van der Waals surface area contributed by atoms with Crippen LogP contribution in [0.5, 0.6) is 0 Å². The van der Waals surface area contributed by atoms with Gasteiger partial charge in [0.1, 0.15) is 11.9 Å². The van der Waals surface area contributed by atoms with E-state index in [0.717, 1.165) is 55.9 Å². The molecule has 0 bridgehead atoms. The molecule has 0 N–H and O–H groups in total. The van der Waals surface area contributed by atoms with Gasteiger partial charge in [0.25, 0.3) is 0 Å². The number of benzene rings is 2. The highest BCUT2D eigenvalue weighted by molar-refractivity contribution is 5.91. The van der Waals surface area contributed by atoms with Crippen LogP contribution >= 0.6 is 0 Å². The Bertz CT molecular complexity index is 886. The van der Waals surface area contributed by atoms with Gasteiger partial charge in [-0.05, 0) is 49.7 Å². The number of amides is 1. The molecule has 2 heterocycles. The van der Waals surface area contributed by atoms with Gasteiger partial charge in [0.15, 0.2) is 0 Å². The largest absolute Gasteiger partial charge is 0.441 e. The quantitative estimate of drug-likeness (QED) is 0.727. The molecular formula is C23H27N3O3. The molecule has 2 aromatic carbocycles. The van der Waals surface area contributed by atoms with Gasteiger partial charge in [-0.3, -0.25) is 14.6 Å². The number of para-hydroxylation sites is 1.